The Morgan fingerprint density at radius 3 is 2.84 bits per heavy atom. The quantitative estimate of drug-likeness (QED) is 0.857. The zero-order valence-electron chi connectivity index (χ0n) is 10.8. The lowest BCUT2D eigenvalue weighted by molar-refractivity contribution is 0.260. The van der Waals surface area contributed by atoms with E-state index in [1.54, 1.807) is 6.07 Å². The maximum atomic E-state index is 8.88. The summed E-state index contributed by atoms with van der Waals surface area (Å²) < 4.78 is 0. The van der Waals surface area contributed by atoms with Crippen LogP contribution in [0.15, 0.2) is 18.2 Å². The van der Waals surface area contributed by atoms with Gasteiger partial charge in [0.1, 0.15) is 0 Å². The first-order valence-corrected chi connectivity index (χ1v) is 7.27. The van der Waals surface area contributed by atoms with Crippen LogP contribution < -0.4 is 10.6 Å². The van der Waals surface area contributed by atoms with Crippen LogP contribution >= 0.6 is 11.6 Å². The van der Waals surface area contributed by atoms with Crippen molar-refractivity contribution in [2.45, 2.75) is 25.3 Å². The number of hydrogen-bond acceptors (Lipinski definition) is 3. The third-order valence-corrected chi connectivity index (χ3v) is 4.87. The van der Waals surface area contributed by atoms with Gasteiger partial charge in [-0.15, -0.1) is 0 Å². The number of benzene rings is 1. The maximum absolute atomic E-state index is 8.88. The number of nitriles is 1. The molecule has 0 bridgehead atoms. The Labute approximate surface area is 118 Å². The third-order valence-electron chi connectivity index (χ3n) is 4.57. The molecule has 1 aromatic carbocycles. The Bertz CT molecular complexity index is 523. The molecular formula is C15H18ClN3. The second kappa shape index (κ2) is 5.03. The van der Waals surface area contributed by atoms with Gasteiger partial charge in [0.25, 0.3) is 0 Å². The van der Waals surface area contributed by atoms with Crippen molar-refractivity contribution in [2.24, 2.45) is 17.6 Å². The lowest BCUT2D eigenvalue weighted by Crippen LogP contribution is -2.38. The molecule has 1 aliphatic carbocycles. The SMILES string of the molecule is N#Cc1ccc(N2CC3CCCC(N)C3C2)c(Cl)c1. The smallest absolute Gasteiger partial charge is 0.0992 e. The average molecular weight is 276 g/mol. The molecule has 2 aliphatic rings. The molecule has 19 heavy (non-hydrogen) atoms. The maximum Gasteiger partial charge on any atom is 0.0992 e. The van der Waals surface area contributed by atoms with Crippen molar-refractivity contribution in [3.63, 3.8) is 0 Å². The van der Waals surface area contributed by atoms with Crippen LogP contribution in [0.2, 0.25) is 5.02 Å². The fourth-order valence-corrected chi connectivity index (χ4v) is 3.85. The highest BCUT2D eigenvalue weighted by Crippen LogP contribution is 2.39. The lowest BCUT2D eigenvalue weighted by Gasteiger charge is -2.29. The first-order valence-electron chi connectivity index (χ1n) is 6.89. The fraction of sp³-hybridized carbons (Fsp3) is 0.533. The Kier molecular flexibility index (Phi) is 3.38. The van der Waals surface area contributed by atoms with Crippen molar-refractivity contribution in [3.05, 3.63) is 28.8 Å². The molecule has 3 atom stereocenters. The van der Waals surface area contributed by atoms with Crippen molar-refractivity contribution < 1.29 is 0 Å². The van der Waals surface area contributed by atoms with Gasteiger partial charge in [0.15, 0.2) is 0 Å². The average Bonchev–Trinajstić information content (AvgIpc) is 2.83. The Morgan fingerprint density at radius 2 is 2.16 bits per heavy atom. The minimum absolute atomic E-state index is 0.334. The third kappa shape index (κ3) is 2.31. The Hall–Kier alpha value is -1.24. The van der Waals surface area contributed by atoms with Gasteiger partial charge in [-0.1, -0.05) is 18.0 Å². The highest BCUT2D eigenvalue weighted by molar-refractivity contribution is 6.33. The fourth-order valence-electron chi connectivity index (χ4n) is 3.55. The van der Waals surface area contributed by atoms with Gasteiger partial charge in [-0.3, -0.25) is 0 Å². The summed E-state index contributed by atoms with van der Waals surface area (Å²) in [5.74, 6) is 1.30. The summed E-state index contributed by atoms with van der Waals surface area (Å²) in [7, 11) is 0. The van der Waals surface area contributed by atoms with Gasteiger partial charge < -0.3 is 10.6 Å². The standard InChI is InChI=1S/C15H18ClN3/c16-13-6-10(7-17)4-5-15(13)19-8-11-2-1-3-14(18)12(11)9-19/h4-6,11-12,14H,1-3,8-9,18H2. The summed E-state index contributed by atoms with van der Waals surface area (Å²) in [6.07, 6.45) is 3.68. The van der Waals surface area contributed by atoms with Crippen LogP contribution in [0.5, 0.6) is 0 Å². The molecule has 1 heterocycles. The molecule has 0 radical (unpaired) electrons. The van der Waals surface area contributed by atoms with E-state index in [9.17, 15) is 0 Å². The van der Waals surface area contributed by atoms with Gasteiger partial charge >= 0.3 is 0 Å². The first-order chi connectivity index (χ1) is 9.19. The molecule has 1 saturated heterocycles. The van der Waals surface area contributed by atoms with Crippen molar-refractivity contribution in [3.8, 4) is 6.07 Å². The van der Waals surface area contributed by atoms with E-state index in [0.29, 0.717) is 28.5 Å². The molecule has 0 spiro atoms. The van der Waals surface area contributed by atoms with Crippen LogP contribution in [-0.4, -0.2) is 19.1 Å². The Balaban J connectivity index is 1.83. The molecule has 3 unspecified atom stereocenters. The molecule has 2 N–H and O–H groups in total. The normalized spacial score (nSPS) is 29.9. The zero-order valence-corrected chi connectivity index (χ0v) is 11.6. The minimum atomic E-state index is 0.334. The topological polar surface area (TPSA) is 53.0 Å². The number of rotatable bonds is 1. The van der Waals surface area contributed by atoms with E-state index in [0.717, 1.165) is 25.2 Å². The van der Waals surface area contributed by atoms with Crippen LogP contribution in [0.3, 0.4) is 0 Å². The zero-order chi connectivity index (χ0) is 13.4. The van der Waals surface area contributed by atoms with E-state index >= 15 is 0 Å². The van der Waals surface area contributed by atoms with Crippen molar-refractivity contribution >= 4 is 17.3 Å². The van der Waals surface area contributed by atoms with E-state index in [-0.39, 0.29) is 0 Å². The molecule has 1 aliphatic heterocycles. The summed E-state index contributed by atoms with van der Waals surface area (Å²) in [5, 5.41) is 9.56. The van der Waals surface area contributed by atoms with Gasteiger partial charge in [0.05, 0.1) is 22.3 Å². The number of hydrogen-bond donors (Lipinski definition) is 1. The van der Waals surface area contributed by atoms with E-state index in [4.69, 9.17) is 22.6 Å². The summed E-state index contributed by atoms with van der Waals surface area (Å²) >= 11 is 6.30. The second-order valence-corrected chi connectivity index (χ2v) is 6.11. The van der Waals surface area contributed by atoms with Crippen molar-refractivity contribution in [2.75, 3.05) is 18.0 Å². The van der Waals surface area contributed by atoms with Crippen molar-refractivity contribution in [1.29, 1.82) is 5.26 Å². The predicted molar refractivity (Wildman–Crippen MR) is 77.2 cm³/mol. The van der Waals surface area contributed by atoms with Crippen LogP contribution in [-0.2, 0) is 0 Å². The van der Waals surface area contributed by atoms with Gasteiger partial charge in [0.2, 0.25) is 0 Å². The minimum Gasteiger partial charge on any atom is -0.370 e. The molecule has 0 amide bonds. The molecular weight excluding hydrogens is 258 g/mol. The highest BCUT2D eigenvalue weighted by Gasteiger charge is 2.39. The van der Waals surface area contributed by atoms with Gasteiger partial charge in [-0.2, -0.15) is 5.26 Å². The summed E-state index contributed by atoms with van der Waals surface area (Å²) in [6, 6.07) is 8.00. The number of anilines is 1. The van der Waals surface area contributed by atoms with Gasteiger partial charge in [0, 0.05) is 19.1 Å². The van der Waals surface area contributed by atoms with Crippen LogP contribution in [0.1, 0.15) is 24.8 Å². The molecule has 1 aromatic rings. The Morgan fingerprint density at radius 1 is 1.32 bits per heavy atom. The van der Waals surface area contributed by atoms with E-state index in [1.165, 1.54) is 12.8 Å². The molecule has 3 rings (SSSR count). The van der Waals surface area contributed by atoms with E-state index in [1.807, 2.05) is 12.1 Å². The molecule has 0 aromatic heterocycles. The lowest BCUT2D eigenvalue weighted by atomic mass is 9.78. The summed E-state index contributed by atoms with van der Waals surface area (Å²) in [6.45, 7) is 2.04. The largest absolute Gasteiger partial charge is 0.370 e. The van der Waals surface area contributed by atoms with Crippen LogP contribution in [0.25, 0.3) is 0 Å². The van der Waals surface area contributed by atoms with Crippen LogP contribution in [0.4, 0.5) is 5.69 Å². The van der Waals surface area contributed by atoms with E-state index < -0.39 is 0 Å². The molecule has 100 valence electrons. The second-order valence-electron chi connectivity index (χ2n) is 5.70. The summed E-state index contributed by atoms with van der Waals surface area (Å²) in [4.78, 5) is 2.34. The highest BCUT2D eigenvalue weighted by atomic mass is 35.5. The number of halogens is 1. The predicted octanol–water partition coefficient (Wildman–Crippen LogP) is 2.78. The molecule has 3 nitrogen and oxygen atoms in total. The number of nitrogens with zero attached hydrogens (tertiary/aromatic N) is 2. The van der Waals surface area contributed by atoms with Gasteiger partial charge in [-0.25, -0.2) is 0 Å². The number of fused-ring (bicyclic) bond motifs is 1. The van der Waals surface area contributed by atoms with E-state index in [2.05, 4.69) is 11.0 Å². The van der Waals surface area contributed by atoms with Gasteiger partial charge in [-0.05, 0) is 42.9 Å². The molecule has 1 saturated carbocycles. The van der Waals surface area contributed by atoms with Crippen molar-refractivity contribution in [1.82, 2.24) is 0 Å². The number of nitrogens with two attached hydrogens (primary N) is 1. The molecule has 4 heteroatoms. The first kappa shape index (κ1) is 12.8. The molecule has 2 fully saturated rings. The summed E-state index contributed by atoms with van der Waals surface area (Å²) in [5.41, 5.74) is 7.90. The monoisotopic (exact) mass is 275 g/mol. The van der Waals surface area contributed by atoms with Crippen LogP contribution in [0, 0.1) is 23.2 Å².